The summed E-state index contributed by atoms with van der Waals surface area (Å²) < 4.78 is 1.86. The van der Waals surface area contributed by atoms with Gasteiger partial charge in [-0.15, -0.1) is 0 Å². The number of carbonyl (C=O) groups is 1. The summed E-state index contributed by atoms with van der Waals surface area (Å²) >= 11 is 0. The Balaban J connectivity index is 1.49. The Kier molecular flexibility index (Phi) is 6.17. The number of hydrogen-bond acceptors (Lipinski definition) is 2. The number of nitrogens with one attached hydrogen (secondary N) is 2. The van der Waals surface area contributed by atoms with Crippen molar-refractivity contribution in [1.82, 2.24) is 15.1 Å². The summed E-state index contributed by atoms with van der Waals surface area (Å²) in [7, 11) is 0. The molecule has 1 saturated heterocycles. The molecule has 0 atom stereocenters. The van der Waals surface area contributed by atoms with Crippen LogP contribution in [0.3, 0.4) is 0 Å². The standard InChI is InChI=1S/C24H26N4O/c29-23(25-15-18-27-16-7-8-17-27)14-13-21-19-28(22-11-5-2-6-12-22)26-24(21)20-9-3-1-4-10-20/h1-6,9-14,19H,7-8,15-18H2,(H,25,29)/p+1/b14-13+. The summed E-state index contributed by atoms with van der Waals surface area (Å²) in [6.45, 7) is 4.17. The van der Waals surface area contributed by atoms with Gasteiger partial charge in [-0.2, -0.15) is 5.10 Å². The van der Waals surface area contributed by atoms with Gasteiger partial charge in [-0.3, -0.25) is 4.79 Å². The van der Waals surface area contributed by atoms with Crippen LogP contribution in [0.5, 0.6) is 0 Å². The van der Waals surface area contributed by atoms with E-state index in [9.17, 15) is 4.79 Å². The van der Waals surface area contributed by atoms with Crippen molar-refractivity contribution in [3.63, 3.8) is 0 Å². The van der Waals surface area contributed by atoms with E-state index in [1.807, 2.05) is 77.6 Å². The molecule has 2 aromatic carbocycles. The molecule has 1 aliphatic heterocycles. The third kappa shape index (κ3) is 5.00. The maximum absolute atomic E-state index is 12.3. The molecule has 2 N–H and O–H groups in total. The van der Waals surface area contributed by atoms with Gasteiger partial charge in [0.15, 0.2) is 0 Å². The van der Waals surface area contributed by atoms with Crippen LogP contribution in [0.25, 0.3) is 23.0 Å². The minimum absolute atomic E-state index is 0.0601. The molecule has 0 radical (unpaired) electrons. The van der Waals surface area contributed by atoms with E-state index in [1.165, 1.54) is 25.9 Å². The zero-order valence-corrected chi connectivity index (χ0v) is 16.6. The molecular weight excluding hydrogens is 360 g/mol. The molecule has 3 aromatic rings. The van der Waals surface area contributed by atoms with Crippen molar-refractivity contribution >= 4 is 12.0 Å². The molecule has 4 rings (SSSR count). The largest absolute Gasteiger partial charge is 0.347 e. The van der Waals surface area contributed by atoms with Crippen molar-refractivity contribution < 1.29 is 9.69 Å². The lowest BCUT2D eigenvalue weighted by Crippen LogP contribution is -3.10. The molecule has 148 valence electrons. The Morgan fingerprint density at radius 1 is 1.03 bits per heavy atom. The lowest BCUT2D eigenvalue weighted by atomic mass is 10.1. The van der Waals surface area contributed by atoms with Crippen LogP contribution < -0.4 is 10.2 Å². The van der Waals surface area contributed by atoms with Gasteiger partial charge in [-0.1, -0.05) is 48.5 Å². The van der Waals surface area contributed by atoms with Gasteiger partial charge in [-0.25, -0.2) is 4.68 Å². The molecule has 5 heteroatoms. The highest BCUT2D eigenvalue weighted by molar-refractivity contribution is 5.92. The van der Waals surface area contributed by atoms with Crippen LogP contribution in [-0.4, -0.2) is 41.9 Å². The number of hydrogen-bond donors (Lipinski definition) is 2. The van der Waals surface area contributed by atoms with E-state index in [0.29, 0.717) is 6.54 Å². The van der Waals surface area contributed by atoms with Crippen LogP contribution in [0, 0.1) is 0 Å². The highest BCUT2D eigenvalue weighted by Gasteiger charge is 2.14. The molecule has 5 nitrogen and oxygen atoms in total. The Morgan fingerprint density at radius 3 is 2.45 bits per heavy atom. The number of nitrogens with zero attached hydrogens (tertiary/aromatic N) is 2. The summed E-state index contributed by atoms with van der Waals surface area (Å²) in [5, 5.41) is 7.78. The zero-order chi connectivity index (χ0) is 19.9. The van der Waals surface area contributed by atoms with Gasteiger partial charge in [0.25, 0.3) is 0 Å². The minimum atomic E-state index is -0.0601. The first-order chi connectivity index (χ1) is 14.3. The molecule has 1 fully saturated rings. The Hall–Kier alpha value is -3.18. The molecule has 0 unspecified atom stereocenters. The summed E-state index contributed by atoms with van der Waals surface area (Å²) in [4.78, 5) is 13.9. The normalized spacial score (nSPS) is 14.5. The van der Waals surface area contributed by atoms with E-state index in [4.69, 9.17) is 5.10 Å². The maximum atomic E-state index is 12.3. The van der Waals surface area contributed by atoms with E-state index in [1.54, 1.807) is 11.0 Å². The van der Waals surface area contributed by atoms with Crippen LogP contribution >= 0.6 is 0 Å². The average molecular weight is 388 g/mol. The first kappa shape index (κ1) is 19.2. The van der Waals surface area contributed by atoms with E-state index in [-0.39, 0.29) is 5.91 Å². The quantitative estimate of drug-likeness (QED) is 0.612. The van der Waals surface area contributed by atoms with E-state index >= 15 is 0 Å². The van der Waals surface area contributed by atoms with Crippen molar-refractivity contribution in [3.8, 4) is 16.9 Å². The molecule has 2 heterocycles. The molecule has 0 spiro atoms. The fourth-order valence-corrected chi connectivity index (χ4v) is 3.75. The first-order valence-corrected chi connectivity index (χ1v) is 10.3. The van der Waals surface area contributed by atoms with Gasteiger partial charge in [0, 0.05) is 36.2 Å². The predicted molar refractivity (Wildman–Crippen MR) is 116 cm³/mol. The predicted octanol–water partition coefficient (Wildman–Crippen LogP) is 2.35. The topological polar surface area (TPSA) is 51.4 Å². The number of para-hydroxylation sites is 1. The number of benzene rings is 2. The first-order valence-electron chi connectivity index (χ1n) is 10.3. The summed E-state index contributed by atoms with van der Waals surface area (Å²) in [6, 6.07) is 20.1. The van der Waals surface area contributed by atoms with Gasteiger partial charge in [-0.05, 0) is 18.2 Å². The third-order valence-corrected chi connectivity index (χ3v) is 5.31. The summed E-state index contributed by atoms with van der Waals surface area (Å²) in [6.07, 6.45) is 8.04. The van der Waals surface area contributed by atoms with E-state index < -0.39 is 0 Å². The minimum Gasteiger partial charge on any atom is -0.347 e. The molecule has 1 aliphatic rings. The number of likely N-dealkylation sites (tertiary alicyclic amines) is 1. The number of amides is 1. The Bertz CT molecular complexity index is 957. The highest BCUT2D eigenvalue weighted by atomic mass is 16.1. The number of quaternary nitrogens is 1. The van der Waals surface area contributed by atoms with Gasteiger partial charge in [0.2, 0.25) is 5.91 Å². The van der Waals surface area contributed by atoms with Crippen molar-refractivity contribution in [2.45, 2.75) is 12.8 Å². The molecular formula is C24H27N4O+. The van der Waals surface area contributed by atoms with Crippen molar-refractivity contribution in [3.05, 3.63) is 78.5 Å². The molecule has 29 heavy (non-hydrogen) atoms. The SMILES string of the molecule is O=C(/C=C/c1cn(-c2ccccc2)nc1-c1ccccc1)NCC[NH+]1CCCC1. The molecule has 1 aromatic heterocycles. The second-order valence-corrected chi connectivity index (χ2v) is 7.41. The van der Waals surface area contributed by atoms with Gasteiger partial charge >= 0.3 is 0 Å². The molecule has 0 saturated carbocycles. The van der Waals surface area contributed by atoms with Crippen LogP contribution in [0.2, 0.25) is 0 Å². The number of rotatable bonds is 7. The van der Waals surface area contributed by atoms with Crippen LogP contribution in [0.1, 0.15) is 18.4 Å². The van der Waals surface area contributed by atoms with Crippen molar-refractivity contribution in [2.24, 2.45) is 0 Å². The fourth-order valence-electron chi connectivity index (χ4n) is 3.75. The van der Waals surface area contributed by atoms with Gasteiger partial charge in [0.05, 0.1) is 37.6 Å². The van der Waals surface area contributed by atoms with E-state index in [2.05, 4.69) is 5.32 Å². The highest BCUT2D eigenvalue weighted by Crippen LogP contribution is 2.24. The van der Waals surface area contributed by atoms with Crippen LogP contribution in [-0.2, 0) is 4.79 Å². The maximum Gasteiger partial charge on any atom is 0.244 e. The molecule has 0 bridgehead atoms. The average Bonchev–Trinajstić information content (AvgIpc) is 3.44. The third-order valence-electron chi connectivity index (χ3n) is 5.31. The summed E-state index contributed by atoms with van der Waals surface area (Å²) in [5.74, 6) is -0.0601. The molecule has 0 aliphatic carbocycles. The number of aromatic nitrogens is 2. The number of carbonyl (C=O) groups excluding carboxylic acids is 1. The lowest BCUT2D eigenvalue weighted by Gasteiger charge is -2.11. The smallest absolute Gasteiger partial charge is 0.244 e. The van der Waals surface area contributed by atoms with Crippen molar-refractivity contribution in [2.75, 3.05) is 26.2 Å². The fraction of sp³-hybridized carbons (Fsp3) is 0.250. The van der Waals surface area contributed by atoms with Crippen molar-refractivity contribution in [1.29, 1.82) is 0 Å². The monoisotopic (exact) mass is 387 g/mol. The van der Waals surface area contributed by atoms with Crippen LogP contribution in [0.15, 0.2) is 72.9 Å². The molecule has 1 amide bonds. The Labute approximate surface area is 171 Å². The Morgan fingerprint density at radius 2 is 1.72 bits per heavy atom. The van der Waals surface area contributed by atoms with Gasteiger partial charge < -0.3 is 10.2 Å². The lowest BCUT2D eigenvalue weighted by molar-refractivity contribution is -0.886. The zero-order valence-electron chi connectivity index (χ0n) is 16.6. The summed E-state index contributed by atoms with van der Waals surface area (Å²) in [5.41, 5.74) is 3.79. The second kappa shape index (κ2) is 9.34. The van der Waals surface area contributed by atoms with Gasteiger partial charge in [0.1, 0.15) is 0 Å². The second-order valence-electron chi connectivity index (χ2n) is 7.41. The van der Waals surface area contributed by atoms with Crippen LogP contribution in [0.4, 0.5) is 0 Å². The van der Waals surface area contributed by atoms with E-state index in [0.717, 1.165) is 29.1 Å².